The quantitative estimate of drug-likeness (QED) is 0.748. The predicted octanol–water partition coefficient (Wildman–Crippen LogP) is 1.88. The molecular weight excluding hydrogens is 204 g/mol. The highest BCUT2D eigenvalue weighted by Crippen LogP contribution is 2.11. The van der Waals surface area contributed by atoms with Gasteiger partial charge in [-0.1, -0.05) is 19.9 Å². The third-order valence-corrected chi connectivity index (χ3v) is 1.85. The molecule has 0 bridgehead atoms. The van der Waals surface area contributed by atoms with E-state index in [9.17, 15) is 4.79 Å². The summed E-state index contributed by atoms with van der Waals surface area (Å²) in [6, 6.07) is 7.06. The first-order chi connectivity index (χ1) is 7.58. The number of carbonyl (C=O) groups excluding carboxylic acids is 1. The van der Waals surface area contributed by atoms with E-state index >= 15 is 0 Å². The Morgan fingerprint density at radius 1 is 1.50 bits per heavy atom. The largest absolute Gasteiger partial charge is 0.399 e. The third kappa shape index (κ3) is 4.79. The summed E-state index contributed by atoms with van der Waals surface area (Å²) >= 11 is 0. The number of nitrogen functional groups attached to an aromatic ring is 1. The van der Waals surface area contributed by atoms with E-state index in [1.54, 1.807) is 24.3 Å². The van der Waals surface area contributed by atoms with Crippen molar-refractivity contribution in [1.29, 1.82) is 0 Å². The SMILES string of the molecule is CC(C)COCC(=O)Nc1cccc(N)c1. The molecule has 0 aliphatic carbocycles. The first-order valence-corrected chi connectivity index (χ1v) is 5.31. The minimum absolute atomic E-state index is 0.0764. The van der Waals surface area contributed by atoms with Gasteiger partial charge in [0.25, 0.3) is 0 Å². The summed E-state index contributed by atoms with van der Waals surface area (Å²) in [4.78, 5) is 11.4. The van der Waals surface area contributed by atoms with Gasteiger partial charge in [0.05, 0.1) is 0 Å². The number of amides is 1. The number of anilines is 2. The fourth-order valence-electron chi connectivity index (χ4n) is 1.20. The predicted molar refractivity (Wildman–Crippen MR) is 65.1 cm³/mol. The Balaban J connectivity index is 2.34. The fraction of sp³-hybridized carbons (Fsp3) is 0.417. The molecule has 0 aliphatic rings. The van der Waals surface area contributed by atoms with Crippen LogP contribution >= 0.6 is 0 Å². The highest BCUT2D eigenvalue weighted by atomic mass is 16.5. The van der Waals surface area contributed by atoms with Crippen LogP contribution in [0.4, 0.5) is 11.4 Å². The Labute approximate surface area is 95.8 Å². The molecule has 0 radical (unpaired) electrons. The summed E-state index contributed by atoms with van der Waals surface area (Å²) in [5.74, 6) is 0.270. The molecule has 4 heteroatoms. The molecule has 16 heavy (non-hydrogen) atoms. The number of nitrogens with one attached hydrogen (secondary N) is 1. The normalized spacial score (nSPS) is 10.4. The van der Waals surface area contributed by atoms with Crippen LogP contribution in [0.3, 0.4) is 0 Å². The zero-order valence-corrected chi connectivity index (χ0v) is 9.69. The number of hydrogen-bond donors (Lipinski definition) is 2. The maximum atomic E-state index is 11.4. The fourth-order valence-corrected chi connectivity index (χ4v) is 1.20. The summed E-state index contributed by atoms with van der Waals surface area (Å²) in [6.45, 7) is 4.74. The van der Waals surface area contributed by atoms with Crippen LogP contribution in [0.25, 0.3) is 0 Å². The van der Waals surface area contributed by atoms with Gasteiger partial charge in [-0.2, -0.15) is 0 Å². The van der Waals surface area contributed by atoms with Gasteiger partial charge in [-0.05, 0) is 24.1 Å². The maximum absolute atomic E-state index is 11.4. The van der Waals surface area contributed by atoms with Gasteiger partial charge in [0.2, 0.25) is 5.91 Å². The lowest BCUT2D eigenvalue weighted by molar-refractivity contribution is -0.120. The number of ether oxygens (including phenoxy) is 1. The molecular formula is C12H18N2O2. The smallest absolute Gasteiger partial charge is 0.250 e. The Kier molecular flexibility index (Phi) is 4.79. The molecule has 3 N–H and O–H groups in total. The van der Waals surface area contributed by atoms with E-state index in [0.29, 0.717) is 23.9 Å². The lowest BCUT2D eigenvalue weighted by Gasteiger charge is -2.08. The van der Waals surface area contributed by atoms with Crippen molar-refractivity contribution in [1.82, 2.24) is 0 Å². The maximum Gasteiger partial charge on any atom is 0.250 e. The molecule has 0 unspecified atom stereocenters. The lowest BCUT2D eigenvalue weighted by atomic mass is 10.2. The van der Waals surface area contributed by atoms with Gasteiger partial charge in [0, 0.05) is 18.0 Å². The molecule has 0 saturated heterocycles. The first-order valence-electron chi connectivity index (χ1n) is 5.31. The van der Waals surface area contributed by atoms with Crippen molar-refractivity contribution in [2.75, 3.05) is 24.3 Å². The average Bonchev–Trinajstić information content (AvgIpc) is 2.16. The molecule has 4 nitrogen and oxygen atoms in total. The Morgan fingerprint density at radius 2 is 2.25 bits per heavy atom. The lowest BCUT2D eigenvalue weighted by Crippen LogP contribution is -2.19. The highest BCUT2D eigenvalue weighted by Gasteiger charge is 2.03. The number of hydrogen-bond acceptors (Lipinski definition) is 3. The molecule has 1 amide bonds. The molecule has 0 saturated carbocycles. The van der Waals surface area contributed by atoms with Gasteiger partial charge >= 0.3 is 0 Å². The molecule has 88 valence electrons. The second-order valence-corrected chi connectivity index (χ2v) is 4.08. The standard InChI is InChI=1S/C12H18N2O2/c1-9(2)7-16-8-12(15)14-11-5-3-4-10(13)6-11/h3-6,9H,7-8,13H2,1-2H3,(H,14,15). The van der Waals surface area contributed by atoms with E-state index in [2.05, 4.69) is 5.32 Å². The van der Waals surface area contributed by atoms with Gasteiger partial charge in [0.15, 0.2) is 0 Å². The van der Waals surface area contributed by atoms with Gasteiger partial charge in [-0.3, -0.25) is 4.79 Å². The zero-order chi connectivity index (χ0) is 12.0. The van der Waals surface area contributed by atoms with E-state index in [0.717, 1.165) is 0 Å². The minimum Gasteiger partial charge on any atom is -0.399 e. The molecule has 1 aromatic rings. The van der Waals surface area contributed by atoms with Crippen LogP contribution in [0, 0.1) is 5.92 Å². The number of carbonyl (C=O) groups is 1. The van der Waals surface area contributed by atoms with Crippen LogP contribution in [0.2, 0.25) is 0 Å². The van der Waals surface area contributed by atoms with Crippen LogP contribution in [-0.4, -0.2) is 19.1 Å². The minimum atomic E-state index is -0.161. The van der Waals surface area contributed by atoms with Crippen molar-refractivity contribution in [3.63, 3.8) is 0 Å². The summed E-state index contributed by atoms with van der Waals surface area (Å²) in [7, 11) is 0. The molecule has 0 spiro atoms. The summed E-state index contributed by atoms with van der Waals surface area (Å²) < 4.78 is 5.22. The molecule has 0 aliphatic heterocycles. The van der Waals surface area contributed by atoms with E-state index in [1.165, 1.54) is 0 Å². The van der Waals surface area contributed by atoms with E-state index in [1.807, 2.05) is 13.8 Å². The second-order valence-electron chi connectivity index (χ2n) is 4.08. The molecule has 1 rings (SSSR count). The molecule has 0 atom stereocenters. The third-order valence-electron chi connectivity index (χ3n) is 1.85. The van der Waals surface area contributed by atoms with Crippen molar-refractivity contribution in [3.8, 4) is 0 Å². The van der Waals surface area contributed by atoms with Crippen LogP contribution in [0.1, 0.15) is 13.8 Å². The van der Waals surface area contributed by atoms with Crippen LogP contribution < -0.4 is 11.1 Å². The van der Waals surface area contributed by atoms with E-state index in [-0.39, 0.29) is 12.5 Å². The van der Waals surface area contributed by atoms with Crippen LogP contribution in [0.15, 0.2) is 24.3 Å². The number of rotatable bonds is 5. The van der Waals surface area contributed by atoms with Crippen LogP contribution in [0.5, 0.6) is 0 Å². The monoisotopic (exact) mass is 222 g/mol. The van der Waals surface area contributed by atoms with E-state index < -0.39 is 0 Å². The number of nitrogens with two attached hydrogens (primary N) is 1. The summed E-state index contributed by atoms with van der Waals surface area (Å²) in [6.07, 6.45) is 0. The van der Waals surface area contributed by atoms with Crippen molar-refractivity contribution < 1.29 is 9.53 Å². The van der Waals surface area contributed by atoms with Crippen molar-refractivity contribution >= 4 is 17.3 Å². The Bertz CT molecular complexity index is 351. The van der Waals surface area contributed by atoms with Crippen LogP contribution in [-0.2, 0) is 9.53 Å². The van der Waals surface area contributed by atoms with Crippen molar-refractivity contribution in [2.45, 2.75) is 13.8 Å². The number of benzene rings is 1. The average molecular weight is 222 g/mol. The van der Waals surface area contributed by atoms with Crippen molar-refractivity contribution in [3.05, 3.63) is 24.3 Å². The second kappa shape index (κ2) is 6.12. The molecule has 0 heterocycles. The molecule has 0 fully saturated rings. The first kappa shape index (κ1) is 12.5. The Morgan fingerprint density at radius 3 is 2.88 bits per heavy atom. The van der Waals surface area contributed by atoms with Gasteiger partial charge < -0.3 is 15.8 Å². The van der Waals surface area contributed by atoms with Gasteiger partial charge in [-0.15, -0.1) is 0 Å². The summed E-state index contributed by atoms with van der Waals surface area (Å²) in [5, 5.41) is 2.71. The highest BCUT2D eigenvalue weighted by molar-refractivity contribution is 5.92. The topological polar surface area (TPSA) is 64.3 Å². The summed E-state index contributed by atoms with van der Waals surface area (Å²) in [5.41, 5.74) is 6.91. The van der Waals surface area contributed by atoms with Crippen molar-refractivity contribution in [2.24, 2.45) is 5.92 Å². The molecule has 0 aromatic heterocycles. The van der Waals surface area contributed by atoms with Gasteiger partial charge in [0.1, 0.15) is 6.61 Å². The zero-order valence-electron chi connectivity index (χ0n) is 9.69. The molecule has 1 aromatic carbocycles. The van der Waals surface area contributed by atoms with Gasteiger partial charge in [-0.25, -0.2) is 0 Å². The Hall–Kier alpha value is -1.55. The van der Waals surface area contributed by atoms with E-state index in [4.69, 9.17) is 10.5 Å².